The Morgan fingerprint density at radius 3 is 2.73 bits per heavy atom. The van der Waals surface area contributed by atoms with E-state index in [1.165, 1.54) is 0 Å². The molecule has 0 amide bonds. The van der Waals surface area contributed by atoms with Gasteiger partial charge in [0.25, 0.3) is 0 Å². The molecular formula is C12H21NO2. The molecule has 86 valence electrons. The monoisotopic (exact) mass is 211 g/mol. The molecule has 1 rings (SSSR count). The first-order valence-corrected chi connectivity index (χ1v) is 5.72. The van der Waals surface area contributed by atoms with Gasteiger partial charge in [-0.05, 0) is 32.0 Å². The Labute approximate surface area is 91.8 Å². The van der Waals surface area contributed by atoms with Crippen molar-refractivity contribution in [1.82, 2.24) is 5.32 Å². The van der Waals surface area contributed by atoms with Crippen LogP contribution in [0.2, 0.25) is 0 Å². The van der Waals surface area contributed by atoms with E-state index >= 15 is 0 Å². The molecule has 0 aliphatic rings. The molecule has 0 aliphatic carbocycles. The van der Waals surface area contributed by atoms with E-state index in [2.05, 4.69) is 12.2 Å². The minimum absolute atomic E-state index is 0.804. The molecule has 0 aliphatic heterocycles. The molecule has 3 nitrogen and oxygen atoms in total. The van der Waals surface area contributed by atoms with Crippen molar-refractivity contribution >= 4 is 0 Å². The molecule has 0 unspecified atom stereocenters. The lowest BCUT2D eigenvalue weighted by Crippen LogP contribution is -2.15. The number of hydrogen-bond acceptors (Lipinski definition) is 3. The second-order valence-electron chi connectivity index (χ2n) is 3.45. The van der Waals surface area contributed by atoms with Crippen molar-refractivity contribution in [2.45, 2.75) is 33.2 Å². The number of aryl methyl sites for hydroxylation is 1. The minimum atomic E-state index is 0.804. The van der Waals surface area contributed by atoms with Crippen LogP contribution >= 0.6 is 0 Å². The summed E-state index contributed by atoms with van der Waals surface area (Å²) >= 11 is 0. The largest absolute Gasteiger partial charge is 0.465 e. The molecule has 0 saturated heterocycles. The molecule has 0 radical (unpaired) electrons. The molecule has 0 aromatic carbocycles. The molecule has 0 spiro atoms. The van der Waals surface area contributed by atoms with Crippen molar-refractivity contribution in [3.8, 4) is 0 Å². The van der Waals surface area contributed by atoms with Crippen molar-refractivity contribution in [2.24, 2.45) is 0 Å². The minimum Gasteiger partial charge on any atom is -0.465 e. The lowest BCUT2D eigenvalue weighted by Gasteiger charge is -2.02. The molecule has 1 aromatic rings. The number of ether oxygens (including phenoxy) is 1. The Bertz CT molecular complexity index is 258. The smallest absolute Gasteiger partial charge is 0.117 e. The van der Waals surface area contributed by atoms with Gasteiger partial charge in [0.15, 0.2) is 0 Å². The van der Waals surface area contributed by atoms with Gasteiger partial charge in [-0.1, -0.05) is 6.92 Å². The van der Waals surface area contributed by atoms with Crippen molar-refractivity contribution in [1.29, 1.82) is 0 Å². The summed E-state index contributed by atoms with van der Waals surface area (Å²) in [5.74, 6) is 2.07. The summed E-state index contributed by atoms with van der Waals surface area (Å²) in [6, 6.07) is 4.07. The highest BCUT2D eigenvalue weighted by Gasteiger charge is 1.98. The van der Waals surface area contributed by atoms with Crippen LogP contribution in [0.3, 0.4) is 0 Å². The van der Waals surface area contributed by atoms with Crippen molar-refractivity contribution in [3.63, 3.8) is 0 Å². The third-order valence-electron chi connectivity index (χ3n) is 2.21. The van der Waals surface area contributed by atoms with Crippen LogP contribution in [-0.4, -0.2) is 19.8 Å². The summed E-state index contributed by atoms with van der Waals surface area (Å²) in [5, 5.41) is 3.32. The van der Waals surface area contributed by atoms with Crippen molar-refractivity contribution in [3.05, 3.63) is 23.7 Å². The fourth-order valence-electron chi connectivity index (χ4n) is 1.36. The molecule has 3 heteroatoms. The van der Waals surface area contributed by atoms with Crippen LogP contribution in [0.15, 0.2) is 16.5 Å². The van der Waals surface area contributed by atoms with Crippen LogP contribution in [0.25, 0.3) is 0 Å². The van der Waals surface area contributed by atoms with E-state index in [1.54, 1.807) is 0 Å². The zero-order valence-electron chi connectivity index (χ0n) is 9.71. The van der Waals surface area contributed by atoms with E-state index < -0.39 is 0 Å². The molecular weight excluding hydrogens is 190 g/mol. The predicted octanol–water partition coefficient (Wildman–Crippen LogP) is 2.36. The summed E-state index contributed by atoms with van der Waals surface area (Å²) in [7, 11) is 0. The summed E-state index contributed by atoms with van der Waals surface area (Å²) in [6.07, 6.45) is 2.01. The Balaban J connectivity index is 2.04. The number of rotatable bonds is 8. The van der Waals surface area contributed by atoms with Crippen LogP contribution in [-0.2, 0) is 17.7 Å². The standard InChI is InChI=1S/C12H21NO2/c1-3-11-6-7-12(15-11)10-13-8-5-9-14-4-2/h6-7,13H,3-5,8-10H2,1-2H3. The van der Waals surface area contributed by atoms with E-state index in [0.29, 0.717) is 0 Å². The maximum Gasteiger partial charge on any atom is 0.117 e. The lowest BCUT2D eigenvalue weighted by atomic mass is 10.3. The highest BCUT2D eigenvalue weighted by molar-refractivity contribution is 5.06. The Morgan fingerprint density at radius 2 is 2.07 bits per heavy atom. The van der Waals surface area contributed by atoms with Crippen LogP contribution in [0, 0.1) is 0 Å². The summed E-state index contributed by atoms with van der Waals surface area (Å²) in [5.41, 5.74) is 0. The summed E-state index contributed by atoms with van der Waals surface area (Å²) < 4.78 is 10.8. The highest BCUT2D eigenvalue weighted by Crippen LogP contribution is 2.07. The zero-order valence-corrected chi connectivity index (χ0v) is 9.71. The molecule has 1 heterocycles. The first-order chi connectivity index (χ1) is 7.36. The van der Waals surface area contributed by atoms with Gasteiger partial charge < -0.3 is 14.5 Å². The highest BCUT2D eigenvalue weighted by atomic mass is 16.5. The summed E-state index contributed by atoms with van der Waals surface area (Å²) in [6.45, 7) is 7.54. The molecule has 1 N–H and O–H groups in total. The maximum absolute atomic E-state index is 5.57. The van der Waals surface area contributed by atoms with Gasteiger partial charge in [-0.3, -0.25) is 0 Å². The third-order valence-corrected chi connectivity index (χ3v) is 2.21. The number of hydrogen-bond donors (Lipinski definition) is 1. The van der Waals surface area contributed by atoms with E-state index in [-0.39, 0.29) is 0 Å². The van der Waals surface area contributed by atoms with Gasteiger partial charge in [0, 0.05) is 19.6 Å². The average Bonchev–Trinajstić information content (AvgIpc) is 2.71. The predicted molar refractivity (Wildman–Crippen MR) is 60.9 cm³/mol. The molecule has 15 heavy (non-hydrogen) atoms. The van der Waals surface area contributed by atoms with Crippen molar-refractivity contribution < 1.29 is 9.15 Å². The first-order valence-electron chi connectivity index (χ1n) is 5.72. The topological polar surface area (TPSA) is 34.4 Å². The Kier molecular flexibility index (Phi) is 6.12. The SMILES string of the molecule is CCOCCCNCc1ccc(CC)o1. The van der Waals surface area contributed by atoms with Crippen molar-refractivity contribution in [2.75, 3.05) is 19.8 Å². The number of nitrogens with one attached hydrogen (secondary N) is 1. The molecule has 1 aromatic heterocycles. The van der Waals surface area contributed by atoms with Gasteiger partial charge in [-0.25, -0.2) is 0 Å². The third kappa shape index (κ3) is 5.00. The van der Waals surface area contributed by atoms with Crippen LogP contribution in [0.5, 0.6) is 0 Å². The van der Waals surface area contributed by atoms with E-state index in [1.807, 2.05) is 19.1 Å². The normalized spacial score (nSPS) is 10.8. The second-order valence-corrected chi connectivity index (χ2v) is 3.45. The first kappa shape index (κ1) is 12.3. The molecule has 0 fully saturated rings. The zero-order chi connectivity index (χ0) is 10.9. The molecule has 0 saturated carbocycles. The Morgan fingerprint density at radius 1 is 1.27 bits per heavy atom. The van der Waals surface area contributed by atoms with Gasteiger partial charge in [0.2, 0.25) is 0 Å². The fraction of sp³-hybridized carbons (Fsp3) is 0.667. The van der Waals surface area contributed by atoms with Crippen LogP contribution < -0.4 is 5.32 Å². The fourth-order valence-corrected chi connectivity index (χ4v) is 1.36. The number of furan rings is 1. The summed E-state index contributed by atoms with van der Waals surface area (Å²) in [4.78, 5) is 0. The van der Waals surface area contributed by atoms with Gasteiger partial charge in [0.1, 0.15) is 11.5 Å². The Hall–Kier alpha value is -0.800. The van der Waals surface area contributed by atoms with Gasteiger partial charge in [-0.15, -0.1) is 0 Å². The lowest BCUT2D eigenvalue weighted by molar-refractivity contribution is 0.144. The van der Waals surface area contributed by atoms with Gasteiger partial charge >= 0.3 is 0 Å². The van der Waals surface area contributed by atoms with Gasteiger partial charge in [-0.2, -0.15) is 0 Å². The molecule has 0 bridgehead atoms. The molecule has 0 atom stereocenters. The average molecular weight is 211 g/mol. The van der Waals surface area contributed by atoms with E-state index in [4.69, 9.17) is 9.15 Å². The van der Waals surface area contributed by atoms with Crippen LogP contribution in [0.1, 0.15) is 31.8 Å². The van der Waals surface area contributed by atoms with Gasteiger partial charge in [0.05, 0.1) is 6.54 Å². The maximum atomic E-state index is 5.57. The second kappa shape index (κ2) is 7.49. The van der Waals surface area contributed by atoms with Crippen LogP contribution in [0.4, 0.5) is 0 Å². The van der Waals surface area contributed by atoms with E-state index in [9.17, 15) is 0 Å². The van der Waals surface area contributed by atoms with E-state index in [0.717, 1.165) is 50.7 Å². The quantitative estimate of drug-likeness (QED) is 0.670.